The number of sulfonamides is 1. The van der Waals surface area contributed by atoms with Crippen molar-refractivity contribution in [1.82, 2.24) is 14.4 Å². The number of benzene rings is 2. The van der Waals surface area contributed by atoms with Crippen LogP contribution in [0.3, 0.4) is 0 Å². The van der Waals surface area contributed by atoms with Gasteiger partial charge in [-0.2, -0.15) is 0 Å². The van der Waals surface area contributed by atoms with Gasteiger partial charge in [0.25, 0.3) is 0 Å². The molecule has 0 radical (unpaired) electrons. The van der Waals surface area contributed by atoms with Crippen LogP contribution in [0.4, 0.5) is 10.5 Å². The van der Waals surface area contributed by atoms with Crippen LogP contribution in [0.15, 0.2) is 51.9 Å². The molecule has 3 aromatic rings. The summed E-state index contributed by atoms with van der Waals surface area (Å²) in [6.45, 7) is 0.329. The zero-order valence-corrected chi connectivity index (χ0v) is 25.2. The fraction of sp³-hybridized carbons (Fsp3) is 0.448. The number of rotatable bonds is 8. The largest absolute Gasteiger partial charge is 0.373 e. The molecule has 41 heavy (non-hydrogen) atoms. The number of anilines is 1. The molecule has 2 aromatic carbocycles. The van der Waals surface area contributed by atoms with E-state index in [-0.39, 0.29) is 29.1 Å². The SMILES string of the molecule is CN(C)S(=O)(=O)c1cccc(NC(=O)N2C3CCC2CC(OCc2c(-c4c(Cl)cccc4Cl)noc2C2CC2)C3)c1. The van der Waals surface area contributed by atoms with Crippen molar-refractivity contribution in [2.45, 2.75) is 74.1 Å². The summed E-state index contributed by atoms with van der Waals surface area (Å²) in [6.07, 6.45) is 5.30. The zero-order chi connectivity index (χ0) is 28.9. The fourth-order valence-electron chi connectivity index (χ4n) is 5.98. The number of hydrogen-bond acceptors (Lipinski definition) is 6. The molecule has 2 saturated heterocycles. The van der Waals surface area contributed by atoms with E-state index in [4.69, 9.17) is 32.5 Å². The number of nitrogens with one attached hydrogen (secondary N) is 1. The van der Waals surface area contributed by atoms with E-state index in [9.17, 15) is 13.2 Å². The molecule has 1 aliphatic carbocycles. The topological polar surface area (TPSA) is 105 Å². The van der Waals surface area contributed by atoms with Crippen LogP contribution >= 0.6 is 23.2 Å². The van der Waals surface area contributed by atoms with Crippen molar-refractivity contribution < 1.29 is 22.5 Å². The van der Waals surface area contributed by atoms with E-state index < -0.39 is 10.0 Å². The summed E-state index contributed by atoms with van der Waals surface area (Å²) in [4.78, 5) is 15.4. The van der Waals surface area contributed by atoms with Gasteiger partial charge in [-0.25, -0.2) is 17.5 Å². The van der Waals surface area contributed by atoms with Crippen LogP contribution in [0.1, 0.15) is 55.8 Å². The molecule has 1 saturated carbocycles. The molecule has 2 unspecified atom stereocenters. The van der Waals surface area contributed by atoms with E-state index in [2.05, 4.69) is 10.5 Å². The lowest BCUT2D eigenvalue weighted by Gasteiger charge is -2.38. The number of hydrogen-bond donors (Lipinski definition) is 1. The van der Waals surface area contributed by atoms with Crippen molar-refractivity contribution in [1.29, 1.82) is 0 Å². The number of carbonyl (C=O) groups is 1. The third-order valence-corrected chi connectivity index (χ3v) is 10.7. The van der Waals surface area contributed by atoms with E-state index in [1.54, 1.807) is 30.3 Å². The van der Waals surface area contributed by atoms with Gasteiger partial charge in [0.1, 0.15) is 11.5 Å². The van der Waals surface area contributed by atoms with Crippen LogP contribution in [0.2, 0.25) is 10.0 Å². The minimum Gasteiger partial charge on any atom is -0.373 e. The number of aromatic nitrogens is 1. The summed E-state index contributed by atoms with van der Waals surface area (Å²) in [5, 5.41) is 8.29. The van der Waals surface area contributed by atoms with Gasteiger partial charge in [-0.1, -0.05) is 40.5 Å². The van der Waals surface area contributed by atoms with Gasteiger partial charge in [0.2, 0.25) is 10.0 Å². The summed E-state index contributed by atoms with van der Waals surface area (Å²) in [5.74, 6) is 1.18. The van der Waals surface area contributed by atoms with Crippen LogP contribution in [-0.4, -0.2) is 61.1 Å². The molecular formula is C29H32Cl2N4O5S. The molecule has 6 rings (SSSR count). The monoisotopic (exact) mass is 618 g/mol. The van der Waals surface area contributed by atoms with Crippen molar-refractivity contribution in [3.05, 3.63) is 63.8 Å². The predicted octanol–water partition coefficient (Wildman–Crippen LogP) is 6.52. The molecule has 0 spiro atoms. The Kier molecular flexibility index (Phi) is 7.80. The van der Waals surface area contributed by atoms with E-state index in [0.717, 1.165) is 41.3 Å². The van der Waals surface area contributed by atoms with Crippen molar-refractivity contribution in [2.24, 2.45) is 0 Å². The van der Waals surface area contributed by atoms with Gasteiger partial charge in [-0.3, -0.25) is 0 Å². The molecule has 3 aliphatic rings. The quantitative estimate of drug-likeness (QED) is 0.308. The Morgan fingerprint density at radius 3 is 2.37 bits per heavy atom. The molecule has 218 valence electrons. The molecule has 2 aliphatic heterocycles. The Balaban J connectivity index is 1.14. The second-order valence-electron chi connectivity index (χ2n) is 11.2. The van der Waals surface area contributed by atoms with Crippen LogP contribution < -0.4 is 5.32 Å². The molecule has 9 nitrogen and oxygen atoms in total. The van der Waals surface area contributed by atoms with Gasteiger partial charge in [0, 0.05) is 48.9 Å². The highest BCUT2D eigenvalue weighted by Crippen LogP contribution is 2.46. The molecule has 1 N–H and O–H groups in total. The minimum absolute atomic E-state index is 0.0263. The highest BCUT2D eigenvalue weighted by Gasteiger charge is 2.44. The summed E-state index contributed by atoms with van der Waals surface area (Å²) in [6, 6.07) is 11.6. The van der Waals surface area contributed by atoms with Gasteiger partial charge >= 0.3 is 6.03 Å². The minimum atomic E-state index is -3.61. The third-order valence-electron chi connectivity index (χ3n) is 8.22. The molecule has 2 bridgehead atoms. The molecule has 2 amide bonds. The molecular weight excluding hydrogens is 587 g/mol. The summed E-state index contributed by atoms with van der Waals surface area (Å²) in [7, 11) is -0.647. The summed E-state index contributed by atoms with van der Waals surface area (Å²) < 4.78 is 38.5. The average molecular weight is 620 g/mol. The van der Waals surface area contributed by atoms with E-state index >= 15 is 0 Å². The van der Waals surface area contributed by atoms with Crippen LogP contribution in [-0.2, 0) is 21.4 Å². The number of urea groups is 1. The summed E-state index contributed by atoms with van der Waals surface area (Å²) >= 11 is 13.0. The maximum Gasteiger partial charge on any atom is 0.322 e. The molecule has 3 fully saturated rings. The van der Waals surface area contributed by atoms with Crippen molar-refractivity contribution >= 4 is 44.9 Å². The molecule has 3 heterocycles. The molecule has 2 atom stereocenters. The number of carbonyl (C=O) groups excluding carboxylic acids is 1. The highest BCUT2D eigenvalue weighted by atomic mass is 35.5. The summed E-state index contributed by atoms with van der Waals surface area (Å²) in [5.41, 5.74) is 2.61. The first kappa shape index (κ1) is 28.5. The molecule has 12 heteroatoms. The average Bonchev–Trinajstić information content (AvgIpc) is 3.64. The number of amides is 2. The second-order valence-corrected chi connectivity index (χ2v) is 14.2. The second kappa shape index (κ2) is 11.2. The zero-order valence-electron chi connectivity index (χ0n) is 22.8. The van der Waals surface area contributed by atoms with Gasteiger partial charge in [-0.15, -0.1) is 0 Å². The Morgan fingerprint density at radius 2 is 1.73 bits per heavy atom. The Morgan fingerprint density at radius 1 is 1.07 bits per heavy atom. The standard InChI is InChI=1S/C29H32Cl2N4O5S/c1-34(2)41(37,38)22-6-3-5-18(13-22)32-29(36)35-19-11-12-20(35)15-21(14-19)39-16-23-27(33-40-28(23)17-9-10-17)26-24(30)7-4-8-25(26)31/h3-8,13,17,19-21H,9-12,14-16H2,1-2H3,(H,32,36). The first-order valence-corrected chi connectivity index (χ1v) is 16.0. The van der Waals surface area contributed by atoms with Crippen LogP contribution in [0, 0.1) is 0 Å². The van der Waals surface area contributed by atoms with Crippen molar-refractivity contribution in [3.8, 4) is 11.3 Å². The smallest absolute Gasteiger partial charge is 0.322 e. The van der Waals surface area contributed by atoms with Crippen LogP contribution in [0.5, 0.6) is 0 Å². The van der Waals surface area contributed by atoms with E-state index in [0.29, 0.717) is 52.4 Å². The Bertz CT molecular complexity index is 1540. The number of halogens is 2. The van der Waals surface area contributed by atoms with Gasteiger partial charge in [0.15, 0.2) is 0 Å². The van der Waals surface area contributed by atoms with Crippen molar-refractivity contribution in [3.63, 3.8) is 0 Å². The lowest BCUT2D eigenvalue weighted by Crippen LogP contribution is -2.50. The Labute approximate surface area is 249 Å². The fourth-order valence-corrected chi connectivity index (χ4v) is 7.50. The lowest BCUT2D eigenvalue weighted by atomic mass is 9.99. The number of ether oxygens (including phenoxy) is 1. The van der Waals surface area contributed by atoms with E-state index in [1.807, 2.05) is 4.90 Å². The first-order valence-electron chi connectivity index (χ1n) is 13.8. The lowest BCUT2D eigenvalue weighted by molar-refractivity contribution is -0.0158. The first-order chi connectivity index (χ1) is 19.6. The highest BCUT2D eigenvalue weighted by molar-refractivity contribution is 7.89. The Hall–Kier alpha value is -2.63. The van der Waals surface area contributed by atoms with Gasteiger partial charge in [-0.05, 0) is 68.9 Å². The van der Waals surface area contributed by atoms with E-state index in [1.165, 1.54) is 26.2 Å². The van der Waals surface area contributed by atoms with Gasteiger partial charge in [0.05, 0.1) is 27.7 Å². The normalized spacial score (nSPS) is 22.4. The molecule has 1 aromatic heterocycles. The number of piperidine rings is 1. The number of nitrogens with zero attached hydrogens (tertiary/aromatic N) is 3. The maximum absolute atomic E-state index is 13.3. The third kappa shape index (κ3) is 5.60. The van der Waals surface area contributed by atoms with Crippen molar-refractivity contribution in [2.75, 3.05) is 19.4 Å². The predicted molar refractivity (Wildman–Crippen MR) is 157 cm³/mol. The maximum atomic E-state index is 13.3. The number of fused-ring (bicyclic) bond motifs is 2. The van der Waals surface area contributed by atoms with Crippen LogP contribution in [0.25, 0.3) is 11.3 Å². The van der Waals surface area contributed by atoms with Gasteiger partial charge < -0.3 is 19.5 Å².